The molecule has 2 N–H and O–H groups in total. The number of rotatable bonds is 7. The number of hydrogen-bond acceptors (Lipinski definition) is 7. The summed E-state index contributed by atoms with van der Waals surface area (Å²) in [5, 5.41) is 21.4. The fourth-order valence-electron chi connectivity index (χ4n) is 5.88. The number of carbonyl (C=O) groups excluding carboxylic acids is 3. The van der Waals surface area contributed by atoms with Gasteiger partial charge in [0.25, 0.3) is 0 Å². The maximum absolute atomic E-state index is 13.8. The Morgan fingerprint density at radius 2 is 2.10 bits per heavy atom. The zero-order valence-electron chi connectivity index (χ0n) is 16.8. The molecule has 162 valence electrons. The summed E-state index contributed by atoms with van der Waals surface area (Å²) in [5.41, 5.74) is 0.823. The van der Waals surface area contributed by atoms with Gasteiger partial charge in [-0.15, -0.1) is 10.2 Å². The molecule has 2 heterocycles. The van der Waals surface area contributed by atoms with Gasteiger partial charge in [0.05, 0.1) is 12.0 Å². The molecule has 9 nitrogen and oxygen atoms in total. The number of hydrogen-bond donors (Lipinski definition) is 2. The molecule has 3 saturated carbocycles. The largest absolute Gasteiger partial charge is 0.330 e. The van der Waals surface area contributed by atoms with Crippen LogP contribution in [0, 0.1) is 22.7 Å². The highest BCUT2D eigenvalue weighted by molar-refractivity contribution is 7.13. The first kappa shape index (κ1) is 19.9. The van der Waals surface area contributed by atoms with Crippen LogP contribution in [0.2, 0.25) is 0 Å². The van der Waals surface area contributed by atoms with Gasteiger partial charge in [-0.1, -0.05) is 37.0 Å². The topological polar surface area (TPSA) is 116 Å². The van der Waals surface area contributed by atoms with Crippen LogP contribution in [-0.4, -0.2) is 62.7 Å². The highest BCUT2D eigenvalue weighted by atomic mass is 32.1. The van der Waals surface area contributed by atoms with E-state index in [0.29, 0.717) is 41.9 Å². The Bertz CT molecular complexity index is 838. The molecule has 1 aromatic rings. The van der Waals surface area contributed by atoms with Crippen molar-refractivity contribution in [2.24, 2.45) is 22.7 Å². The van der Waals surface area contributed by atoms with E-state index in [1.807, 2.05) is 0 Å². The van der Waals surface area contributed by atoms with Crippen molar-refractivity contribution >= 4 is 34.7 Å². The Labute approximate surface area is 178 Å². The summed E-state index contributed by atoms with van der Waals surface area (Å²) in [5.74, 6) is 0.319. The molecule has 1 spiro atoms. The van der Waals surface area contributed by atoms with Crippen molar-refractivity contribution in [3.63, 3.8) is 0 Å². The quantitative estimate of drug-likeness (QED) is 0.385. The van der Waals surface area contributed by atoms with E-state index in [9.17, 15) is 19.6 Å². The molecule has 1 unspecified atom stereocenters. The normalized spacial score (nSPS) is 31.7. The van der Waals surface area contributed by atoms with Crippen molar-refractivity contribution in [3.05, 3.63) is 5.51 Å². The molecule has 4 aliphatic rings. The first-order valence-corrected chi connectivity index (χ1v) is 11.6. The van der Waals surface area contributed by atoms with Crippen LogP contribution < -0.4 is 5.32 Å². The molecule has 3 atom stereocenters. The van der Waals surface area contributed by atoms with Gasteiger partial charge in [-0.25, -0.2) is 5.06 Å². The van der Waals surface area contributed by atoms with Crippen LogP contribution in [0.1, 0.15) is 51.4 Å². The third-order valence-corrected chi connectivity index (χ3v) is 8.32. The van der Waals surface area contributed by atoms with Gasteiger partial charge in [0.15, 0.2) is 0 Å². The van der Waals surface area contributed by atoms with Crippen LogP contribution in [0.15, 0.2) is 5.51 Å². The van der Waals surface area contributed by atoms with Crippen molar-refractivity contribution < 1.29 is 19.6 Å². The number of nitrogens with one attached hydrogen (secondary N) is 1. The Balaban J connectivity index is 1.38. The maximum Gasteiger partial charge on any atom is 0.249 e. The molecule has 3 aliphatic carbocycles. The molecule has 0 aromatic carbocycles. The van der Waals surface area contributed by atoms with Crippen LogP contribution in [0.5, 0.6) is 0 Å². The Hall–Kier alpha value is -2.07. The minimum atomic E-state index is -0.771. The number of hydroxylamine groups is 2. The lowest BCUT2D eigenvalue weighted by atomic mass is 9.91. The Morgan fingerprint density at radius 3 is 2.73 bits per heavy atom. The molecule has 30 heavy (non-hydrogen) atoms. The van der Waals surface area contributed by atoms with Gasteiger partial charge in [0.2, 0.25) is 23.4 Å². The van der Waals surface area contributed by atoms with Gasteiger partial charge >= 0.3 is 0 Å². The number of amides is 3. The summed E-state index contributed by atoms with van der Waals surface area (Å²) in [6.45, 7) is 0.580. The second-order valence-electron chi connectivity index (χ2n) is 9.60. The molecule has 0 radical (unpaired) electrons. The summed E-state index contributed by atoms with van der Waals surface area (Å²) in [4.78, 5) is 39.7. The summed E-state index contributed by atoms with van der Waals surface area (Å²) < 4.78 is 0. The SMILES string of the molecule is O=CN(O)CC1(C(=O)N2CC3(CC3)C[C@H]2C(=O)Nc2nncs2)C[C@H]1C1CCCC1. The summed E-state index contributed by atoms with van der Waals surface area (Å²) in [7, 11) is 0. The predicted molar refractivity (Wildman–Crippen MR) is 107 cm³/mol. The van der Waals surface area contributed by atoms with Crippen LogP contribution in [0.25, 0.3) is 0 Å². The van der Waals surface area contributed by atoms with Gasteiger partial charge in [0.1, 0.15) is 11.6 Å². The van der Waals surface area contributed by atoms with Crippen LogP contribution in [0.3, 0.4) is 0 Å². The highest BCUT2D eigenvalue weighted by Crippen LogP contribution is 2.63. The Kier molecular flexibility index (Phi) is 4.81. The zero-order chi connectivity index (χ0) is 20.9. The van der Waals surface area contributed by atoms with Crippen molar-refractivity contribution in [1.82, 2.24) is 20.2 Å². The van der Waals surface area contributed by atoms with E-state index < -0.39 is 11.5 Å². The number of aromatic nitrogens is 2. The number of likely N-dealkylation sites (tertiary alicyclic amines) is 1. The average molecular weight is 434 g/mol. The molecule has 5 rings (SSSR count). The van der Waals surface area contributed by atoms with E-state index >= 15 is 0 Å². The lowest BCUT2D eigenvalue weighted by Crippen LogP contribution is -2.49. The van der Waals surface area contributed by atoms with Crippen LogP contribution in [-0.2, 0) is 14.4 Å². The van der Waals surface area contributed by atoms with Crippen LogP contribution in [0.4, 0.5) is 5.13 Å². The molecule has 4 fully saturated rings. The van der Waals surface area contributed by atoms with Gasteiger partial charge in [-0.05, 0) is 42.9 Å². The summed E-state index contributed by atoms with van der Waals surface area (Å²) >= 11 is 1.25. The molecule has 1 aliphatic heterocycles. The first-order valence-electron chi connectivity index (χ1n) is 10.8. The molecular weight excluding hydrogens is 406 g/mol. The molecule has 1 saturated heterocycles. The monoisotopic (exact) mass is 433 g/mol. The predicted octanol–water partition coefficient (Wildman–Crippen LogP) is 1.90. The Morgan fingerprint density at radius 1 is 1.33 bits per heavy atom. The lowest BCUT2D eigenvalue weighted by Gasteiger charge is -2.30. The lowest BCUT2D eigenvalue weighted by molar-refractivity contribution is -0.160. The van der Waals surface area contributed by atoms with Crippen molar-refractivity contribution in [2.75, 3.05) is 18.4 Å². The molecule has 0 bridgehead atoms. The summed E-state index contributed by atoms with van der Waals surface area (Å²) in [6, 6.07) is -0.547. The van der Waals surface area contributed by atoms with E-state index in [-0.39, 0.29) is 29.7 Å². The van der Waals surface area contributed by atoms with E-state index in [4.69, 9.17) is 0 Å². The van der Waals surface area contributed by atoms with Crippen LogP contribution >= 0.6 is 11.3 Å². The van der Waals surface area contributed by atoms with Crippen molar-refractivity contribution in [2.45, 2.75) is 57.4 Å². The number of anilines is 1. The fourth-order valence-corrected chi connectivity index (χ4v) is 6.33. The molecular formula is C20H27N5O4S. The van der Waals surface area contributed by atoms with Crippen molar-refractivity contribution in [1.29, 1.82) is 0 Å². The number of nitrogens with zero attached hydrogens (tertiary/aromatic N) is 4. The smallest absolute Gasteiger partial charge is 0.249 e. The second kappa shape index (κ2) is 7.26. The fraction of sp³-hybridized carbons (Fsp3) is 0.750. The first-order chi connectivity index (χ1) is 14.5. The third-order valence-electron chi connectivity index (χ3n) is 7.71. The van der Waals surface area contributed by atoms with E-state index in [1.54, 1.807) is 10.4 Å². The van der Waals surface area contributed by atoms with Crippen molar-refractivity contribution in [3.8, 4) is 0 Å². The van der Waals surface area contributed by atoms with Gasteiger partial charge in [-0.2, -0.15) is 0 Å². The highest BCUT2D eigenvalue weighted by Gasteiger charge is 2.67. The molecule has 10 heteroatoms. The second-order valence-corrected chi connectivity index (χ2v) is 10.4. The minimum absolute atomic E-state index is 0.00470. The van der Waals surface area contributed by atoms with Gasteiger partial charge < -0.3 is 4.90 Å². The average Bonchev–Trinajstić information content (AvgIpc) is 3.35. The molecule has 1 aromatic heterocycles. The number of carbonyl (C=O) groups is 3. The summed E-state index contributed by atoms with van der Waals surface area (Å²) in [6.07, 6.45) is 8.28. The van der Waals surface area contributed by atoms with Gasteiger partial charge in [-0.3, -0.25) is 24.9 Å². The van der Waals surface area contributed by atoms with E-state index in [0.717, 1.165) is 25.7 Å². The minimum Gasteiger partial charge on any atom is -0.330 e. The van der Waals surface area contributed by atoms with Gasteiger partial charge in [0, 0.05) is 6.54 Å². The third kappa shape index (κ3) is 3.39. The molecule has 3 amide bonds. The van der Waals surface area contributed by atoms with E-state index in [2.05, 4.69) is 15.5 Å². The standard InChI is InChI=1S/C20H27N5O4S/c26-12-24(29)10-20(7-14(20)13-3-1-2-4-13)17(28)25-9-19(5-6-19)8-15(25)16(27)22-18-23-21-11-30-18/h11-15,29H,1-10H2,(H,22,23,27)/t14-,15-,20?/m0/s1. The zero-order valence-corrected chi connectivity index (χ0v) is 17.6. The van der Waals surface area contributed by atoms with E-state index in [1.165, 1.54) is 24.2 Å². The maximum atomic E-state index is 13.8.